The zero-order chi connectivity index (χ0) is 14.7. The number of carboxylic acids is 1. The number of aromatic nitrogens is 2. The second-order valence-electron chi connectivity index (χ2n) is 4.57. The molecular formula is C15H13N3O2S. The molecule has 0 atom stereocenters. The van der Waals surface area contributed by atoms with E-state index in [1.165, 1.54) is 11.3 Å². The first-order valence-electron chi connectivity index (χ1n) is 6.48. The summed E-state index contributed by atoms with van der Waals surface area (Å²) in [5.41, 5.74) is 1.76. The van der Waals surface area contributed by atoms with Crippen LogP contribution >= 0.6 is 11.3 Å². The van der Waals surface area contributed by atoms with E-state index in [0.29, 0.717) is 6.42 Å². The fourth-order valence-electron chi connectivity index (χ4n) is 2.06. The van der Waals surface area contributed by atoms with Crippen molar-refractivity contribution in [2.24, 2.45) is 0 Å². The quantitative estimate of drug-likeness (QED) is 0.754. The summed E-state index contributed by atoms with van der Waals surface area (Å²) in [5, 5.41) is 16.8. The summed E-state index contributed by atoms with van der Waals surface area (Å²) < 4.78 is 0. The smallest absolute Gasteiger partial charge is 0.303 e. The van der Waals surface area contributed by atoms with Crippen LogP contribution in [0.25, 0.3) is 10.8 Å². The zero-order valence-corrected chi connectivity index (χ0v) is 11.9. The van der Waals surface area contributed by atoms with E-state index in [1.807, 2.05) is 35.8 Å². The van der Waals surface area contributed by atoms with Crippen molar-refractivity contribution in [2.75, 3.05) is 5.32 Å². The van der Waals surface area contributed by atoms with Crippen molar-refractivity contribution in [1.82, 2.24) is 9.97 Å². The second-order valence-corrected chi connectivity index (χ2v) is 5.42. The molecule has 0 bridgehead atoms. The van der Waals surface area contributed by atoms with E-state index >= 15 is 0 Å². The molecule has 0 amide bonds. The number of nitrogens with zero attached hydrogens (tertiary/aromatic N) is 2. The number of aliphatic carboxylic acids is 1. The van der Waals surface area contributed by atoms with Crippen molar-refractivity contribution in [1.29, 1.82) is 0 Å². The Balaban J connectivity index is 1.81. The molecule has 0 fully saturated rings. The predicted octanol–water partition coefficient (Wildman–Crippen LogP) is 3.45. The molecule has 0 radical (unpaired) electrons. The van der Waals surface area contributed by atoms with Crippen molar-refractivity contribution in [3.05, 3.63) is 47.7 Å². The molecule has 0 unspecified atom stereocenters. The van der Waals surface area contributed by atoms with Gasteiger partial charge in [0, 0.05) is 40.7 Å². The van der Waals surface area contributed by atoms with Crippen molar-refractivity contribution >= 4 is 38.9 Å². The van der Waals surface area contributed by atoms with Gasteiger partial charge in [0.05, 0.1) is 12.1 Å². The molecule has 106 valence electrons. The number of thiazole rings is 1. The van der Waals surface area contributed by atoms with Crippen LogP contribution in [0.3, 0.4) is 0 Å². The highest BCUT2D eigenvalue weighted by molar-refractivity contribution is 7.13. The van der Waals surface area contributed by atoms with E-state index in [-0.39, 0.29) is 6.42 Å². The molecule has 0 saturated heterocycles. The minimum Gasteiger partial charge on any atom is -0.481 e. The van der Waals surface area contributed by atoms with Crippen LogP contribution in [0.2, 0.25) is 0 Å². The van der Waals surface area contributed by atoms with Crippen LogP contribution in [0.15, 0.2) is 42.0 Å². The van der Waals surface area contributed by atoms with Crippen LogP contribution in [0.4, 0.5) is 10.8 Å². The SMILES string of the molecule is O=C(O)CCc1csc(Nc2cccc3cnccc23)n1. The maximum absolute atomic E-state index is 10.6. The maximum atomic E-state index is 10.6. The Labute approximate surface area is 125 Å². The van der Waals surface area contributed by atoms with Gasteiger partial charge in [0.2, 0.25) is 0 Å². The van der Waals surface area contributed by atoms with E-state index in [2.05, 4.69) is 15.3 Å². The molecule has 0 spiro atoms. The zero-order valence-electron chi connectivity index (χ0n) is 11.1. The van der Waals surface area contributed by atoms with E-state index in [4.69, 9.17) is 5.11 Å². The van der Waals surface area contributed by atoms with Gasteiger partial charge in [-0.3, -0.25) is 9.78 Å². The molecule has 2 N–H and O–H groups in total. The Morgan fingerprint density at radius 3 is 3.10 bits per heavy atom. The number of hydrogen-bond donors (Lipinski definition) is 2. The van der Waals surface area contributed by atoms with Gasteiger partial charge in [-0.15, -0.1) is 11.3 Å². The third-order valence-electron chi connectivity index (χ3n) is 3.07. The maximum Gasteiger partial charge on any atom is 0.303 e. The first-order valence-corrected chi connectivity index (χ1v) is 7.36. The number of aryl methyl sites for hydroxylation is 1. The van der Waals surface area contributed by atoms with Gasteiger partial charge in [-0.25, -0.2) is 4.98 Å². The van der Waals surface area contributed by atoms with Crippen molar-refractivity contribution in [3.63, 3.8) is 0 Å². The van der Waals surface area contributed by atoms with E-state index < -0.39 is 5.97 Å². The third kappa shape index (κ3) is 3.17. The number of rotatable bonds is 5. The van der Waals surface area contributed by atoms with Gasteiger partial charge in [0.15, 0.2) is 5.13 Å². The minimum absolute atomic E-state index is 0.100. The van der Waals surface area contributed by atoms with Gasteiger partial charge in [0.1, 0.15) is 0 Å². The van der Waals surface area contributed by atoms with Crippen LogP contribution < -0.4 is 5.32 Å². The Kier molecular flexibility index (Phi) is 3.79. The average molecular weight is 299 g/mol. The number of benzene rings is 1. The standard InChI is InChI=1S/C15H13N3O2S/c19-14(20)5-4-11-9-21-15(17-11)18-13-3-1-2-10-8-16-7-6-12(10)13/h1-3,6-9H,4-5H2,(H,17,18)(H,19,20). The monoisotopic (exact) mass is 299 g/mol. The molecule has 3 rings (SSSR count). The molecule has 3 aromatic rings. The molecule has 0 aliphatic carbocycles. The summed E-state index contributed by atoms with van der Waals surface area (Å²) in [6.07, 6.45) is 4.13. The van der Waals surface area contributed by atoms with E-state index in [9.17, 15) is 4.79 Å². The lowest BCUT2D eigenvalue weighted by molar-refractivity contribution is -0.136. The number of nitrogens with one attached hydrogen (secondary N) is 1. The average Bonchev–Trinajstić information content (AvgIpc) is 2.93. The van der Waals surface area contributed by atoms with Crippen LogP contribution in [0.5, 0.6) is 0 Å². The fraction of sp³-hybridized carbons (Fsp3) is 0.133. The minimum atomic E-state index is -0.806. The highest BCUT2D eigenvalue weighted by Gasteiger charge is 2.06. The van der Waals surface area contributed by atoms with Crippen LogP contribution in [0.1, 0.15) is 12.1 Å². The Morgan fingerprint density at radius 2 is 2.24 bits per heavy atom. The Hall–Kier alpha value is -2.47. The largest absolute Gasteiger partial charge is 0.481 e. The van der Waals surface area contributed by atoms with Gasteiger partial charge in [-0.05, 0) is 12.1 Å². The van der Waals surface area contributed by atoms with Gasteiger partial charge in [-0.2, -0.15) is 0 Å². The van der Waals surface area contributed by atoms with Crippen molar-refractivity contribution < 1.29 is 9.90 Å². The molecule has 6 heteroatoms. The first-order chi connectivity index (χ1) is 10.2. The molecule has 1 aromatic carbocycles. The molecule has 5 nitrogen and oxygen atoms in total. The first kappa shape index (κ1) is 13.5. The summed E-state index contributed by atoms with van der Waals surface area (Å²) in [6, 6.07) is 7.91. The molecule has 2 aromatic heterocycles. The number of pyridine rings is 1. The highest BCUT2D eigenvalue weighted by atomic mass is 32.1. The topological polar surface area (TPSA) is 75.1 Å². The summed E-state index contributed by atoms with van der Waals surface area (Å²) in [4.78, 5) is 19.1. The van der Waals surface area contributed by atoms with E-state index in [0.717, 1.165) is 27.3 Å². The van der Waals surface area contributed by atoms with Crippen LogP contribution in [0, 0.1) is 0 Å². The summed E-state index contributed by atoms with van der Waals surface area (Å²) in [5.74, 6) is -0.806. The Bertz CT molecular complexity index is 780. The molecule has 0 saturated carbocycles. The summed E-state index contributed by atoms with van der Waals surface area (Å²) in [6.45, 7) is 0. The molecule has 0 aliphatic rings. The molecule has 2 heterocycles. The number of carboxylic acid groups (broad SMARTS) is 1. The van der Waals surface area contributed by atoms with Gasteiger partial charge < -0.3 is 10.4 Å². The molecule has 21 heavy (non-hydrogen) atoms. The van der Waals surface area contributed by atoms with Crippen molar-refractivity contribution in [3.8, 4) is 0 Å². The van der Waals surface area contributed by atoms with Crippen LogP contribution in [-0.4, -0.2) is 21.0 Å². The van der Waals surface area contributed by atoms with Crippen molar-refractivity contribution in [2.45, 2.75) is 12.8 Å². The molecule has 0 aliphatic heterocycles. The summed E-state index contributed by atoms with van der Waals surface area (Å²) in [7, 11) is 0. The summed E-state index contributed by atoms with van der Waals surface area (Å²) >= 11 is 1.47. The number of fused-ring (bicyclic) bond motifs is 1. The normalized spacial score (nSPS) is 10.7. The third-order valence-corrected chi connectivity index (χ3v) is 3.88. The predicted molar refractivity (Wildman–Crippen MR) is 83.1 cm³/mol. The number of hydrogen-bond acceptors (Lipinski definition) is 5. The Morgan fingerprint density at radius 1 is 1.33 bits per heavy atom. The van der Waals surface area contributed by atoms with E-state index in [1.54, 1.807) is 6.20 Å². The number of anilines is 2. The fourth-order valence-corrected chi connectivity index (χ4v) is 2.82. The van der Waals surface area contributed by atoms with Gasteiger partial charge in [0.25, 0.3) is 0 Å². The van der Waals surface area contributed by atoms with Crippen LogP contribution in [-0.2, 0) is 11.2 Å². The highest BCUT2D eigenvalue weighted by Crippen LogP contribution is 2.27. The molecular weight excluding hydrogens is 286 g/mol. The number of carbonyl (C=O) groups is 1. The van der Waals surface area contributed by atoms with Gasteiger partial charge >= 0.3 is 5.97 Å². The lowest BCUT2D eigenvalue weighted by Gasteiger charge is -2.06. The van der Waals surface area contributed by atoms with Gasteiger partial charge in [-0.1, -0.05) is 12.1 Å². The lowest BCUT2D eigenvalue weighted by Crippen LogP contribution is -1.98. The lowest BCUT2D eigenvalue weighted by atomic mass is 10.1. The second kappa shape index (κ2) is 5.88.